The van der Waals surface area contributed by atoms with Crippen molar-refractivity contribution in [2.24, 2.45) is 5.92 Å². The fraction of sp³-hybridized carbons (Fsp3) is 1.00. The van der Waals surface area contributed by atoms with Gasteiger partial charge in [-0.2, -0.15) is 0 Å². The summed E-state index contributed by atoms with van der Waals surface area (Å²) in [6, 6.07) is 0. The summed E-state index contributed by atoms with van der Waals surface area (Å²) in [6.07, 6.45) is -0.233. The average Bonchev–Trinajstić information content (AvgIpc) is 1.97. The summed E-state index contributed by atoms with van der Waals surface area (Å²) < 4.78 is 22.8. The van der Waals surface area contributed by atoms with Crippen LogP contribution in [0.25, 0.3) is 0 Å². The molecule has 0 rings (SSSR count). The van der Waals surface area contributed by atoms with Gasteiger partial charge in [-0.3, -0.25) is 9.05 Å². The molecule has 0 aliphatic carbocycles. The topological polar surface area (TPSA) is 47.6 Å². The van der Waals surface area contributed by atoms with Crippen LogP contribution in [0.1, 0.15) is 41.5 Å². The molecular weight excluding hydrogens is 213 g/mol. The number of hydrogen-bond donors (Lipinski definition) is 1. The van der Waals surface area contributed by atoms with Crippen LogP contribution >= 0.6 is 7.75 Å². The minimum atomic E-state index is -3.14. The van der Waals surface area contributed by atoms with Crippen molar-refractivity contribution < 1.29 is 13.6 Å². The molecule has 0 unspecified atom stereocenters. The third-order valence-electron chi connectivity index (χ3n) is 1.39. The monoisotopic (exact) mass is 237 g/mol. The van der Waals surface area contributed by atoms with E-state index in [1.54, 1.807) is 0 Å². The standard InChI is InChI=1S/C10H24NO3P/c1-8(2)7-11-15(12,13-9(3)4)14-10(5)6/h8-10H,7H2,1-6H3,(H,11,12). The molecule has 0 bridgehead atoms. The van der Waals surface area contributed by atoms with Crippen LogP contribution in [0.2, 0.25) is 0 Å². The summed E-state index contributed by atoms with van der Waals surface area (Å²) in [6.45, 7) is 12.1. The number of nitrogens with one attached hydrogen (secondary N) is 1. The molecule has 1 N–H and O–H groups in total. The van der Waals surface area contributed by atoms with Crippen LogP contribution in [0, 0.1) is 5.92 Å². The summed E-state index contributed by atoms with van der Waals surface area (Å²) in [5, 5.41) is 2.87. The second kappa shape index (κ2) is 6.64. The van der Waals surface area contributed by atoms with Gasteiger partial charge in [-0.15, -0.1) is 0 Å². The molecule has 0 saturated heterocycles. The van der Waals surface area contributed by atoms with Crippen molar-refractivity contribution in [2.75, 3.05) is 6.54 Å². The molecule has 5 heteroatoms. The maximum atomic E-state index is 12.2. The molecular formula is C10H24NO3P. The van der Waals surface area contributed by atoms with Crippen LogP contribution in [0.3, 0.4) is 0 Å². The Labute approximate surface area is 93.3 Å². The highest BCUT2D eigenvalue weighted by atomic mass is 31.2. The first-order valence-corrected chi connectivity index (χ1v) is 7.01. The zero-order chi connectivity index (χ0) is 12.1. The van der Waals surface area contributed by atoms with Crippen molar-refractivity contribution in [2.45, 2.75) is 53.8 Å². The van der Waals surface area contributed by atoms with E-state index in [1.165, 1.54) is 0 Å². The molecule has 15 heavy (non-hydrogen) atoms. The highest BCUT2D eigenvalue weighted by molar-refractivity contribution is 7.51. The first-order valence-electron chi connectivity index (χ1n) is 5.47. The predicted octanol–water partition coefficient (Wildman–Crippen LogP) is 3.19. The van der Waals surface area contributed by atoms with Crippen LogP contribution in [-0.4, -0.2) is 18.8 Å². The van der Waals surface area contributed by atoms with Crippen LogP contribution in [0.15, 0.2) is 0 Å². The Morgan fingerprint density at radius 3 is 1.67 bits per heavy atom. The molecule has 0 radical (unpaired) electrons. The predicted molar refractivity (Wildman–Crippen MR) is 62.9 cm³/mol. The summed E-state index contributed by atoms with van der Waals surface area (Å²) in [5.74, 6) is 0.407. The molecule has 0 aliphatic heterocycles. The normalized spacial score (nSPS) is 13.1. The lowest BCUT2D eigenvalue weighted by atomic mass is 10.2. The Bertz CT molecular complexity index is 203. The van der Waals surface area contributed by atoms with E-state index in [4.69, 9.17) is 9.05 Å². The zero-order valence-corrected chi connectivity index (χ0v) is 11.5. The SMILES string of the molecule is CC(C)CNP(=O)(OC(C)C)OC(C)C. The molecule has 0 atom stereocenters. The lowest BCUT2D eigenvalue weighted by molar-refractivity contribution is 0.134. The van der Waals surface area contributed by atoms with Crippen LogP contribution < -0.4 is 5.09 Å². The molecule has 0 aromatic carbocycles. The second-order valence-corrected chi connectivity index (χ2v) is 6.29. The van der Waals surface area contributed by atoms with Gasteiger partial charge in [0.1, 0.15) is 0 Å². The van der Waals surface area contributed by atoms with Crippen molar-refractivity contribution in [3.8, 4) is 0 Å². The van der Waals surface area contributed by atoms with Gasteiger partial charge in [0.05, 0.1) is 12.2 Å². The van der Waals surface area contributed by atoms with E-state index < -0.39 is 7.75 Å². The fourth-order valence-electron chi connectivity index (χ4n) is 0.949. The highest BCUT2D eigenvalue weighted by Gasteiger charge is 2.27. The van der Waals surface area contributed by atoms with Crippen LogP contribution in [0.5, 0.6) is 0 Å². The Balaban J connectivity index is 4.34. The number of rotatable bonds is 7. The van der Waals surface area contributed by atoms with Crippen molar-refractivity contribution >= 4 is 7.75 Å². The molecule has 0 aromatic rings. The smallest absolute Gasteiger partial charge is 0.294 e. The van der Waals surface area contributed by atoms with Crippen LogP contribution in [0.4, 0.5) is 0 Å². The summed E-state index contributed by atoms with van der Waals surface area (Å²) in [7, 11) is -3.14. The molecule has 0 spiro atoms. The largest absolute Gasteiger partial charge is 0.406 e. The van der Waals surface area contributed by atoms with Gasteiger partial charge in [0.2, 0.25) is 0 Å². The van der Waals surface area contributed by atoms with Crippen LogP contribution in [-0.2, 0) is 13.6 Å². The zero-order valence-electron chi connectivity index (χ0n) is 10.6. The Morgan fingerprint density at radius 2 is 1.40 bits per heavy atom. The van der Waals surface area contributed by atoms with Gasteiger partial charge in [-0.1, -0.05) is 13.8 Å². The minimum absolute atomic E-state index is 0.116. The second-order valence-electron chi connectivity index (χ2n) is 4.56. The summed E-state index contributed by atoms with van der Waals surface area (Å²) in [4.78, 5) is 0. The lowest BCUT2D eigenvalue weighted by Gasteiger charge is -2.23. The Morgan fingerprint density at radius 1 is 1.00 bits per heavy atom. The van der Waals surface area contributed by atoms with E-state index in [0.29, 0.717) is 12.5 Å². The van der Waals surface area contributed by atoms with E-state index in [9.17, 15) is 4.57 Å². The summed E-state index contributed by atoms with van der Waals surface area (Å²) >= 11 is 0. The average molecular weight is 237 g/mol. The molecule has 0 heterocycles. The summed E-state index contributed by atoms with van der Waals surface area (Å²) in [5.41, 5.74) is 0. The van der Waals surface area contributed by atoms with Gasteiger partial charge in [-0.05, 0) is 33.6 Å². The van der Waals surface area contributed by atoms with E-state index in [-0.39, 0.29) is 12.2 Å². The maximum absolute atomic E-state index is 12.2. The van der Waals surface area contributed by atoms with E-state index in [0.717, 1.165) is 0 Å². The molecule has 0 aromatic heterocycles. The van der Waals surface area contributed by atoms with Crippen molar-refractivity contribution in [1.29, 1.82) is 0 Å². The Kier molecular flexibility index (Phi) is 6.69. The first-order chi connectivity index (χ1) is 6.75. The maximum Gasteiger partial charge on any atom is 0.406 e. The lowest BCUT2D eigenvalue weighted by Crippen LogP contribution is -2.23. The molecule has 0 saturated carbocycles. The van der Waals surface area contributed by atoms with E-state index in [1.807, 2.05) is 41.5 Å². The van der Waals surface area contributed by atoms with Gasteiger partial charge >= 0.3 is 7.75 Å². The third kappa shape index (κ3) is 7.97. The quantitative estimate of drug-likeness (QED) is 0.691. The van der Waals surface area contributed by atoms with Gasteiger partial charge < -0.3 is 0 Å². The fourth-order valence-corrected chi connectivity index (χ4v) is 2.85. The molecule has 0 amide bonds. The van der Waals surface area contributed by atoms with Gasteiger partial charge in [0, 0.05) is 6.54 Å². The molecule has 92 valence electrons. The molecule has 0 aliphatic rings. The third-order valence-corrected chi connectivity index (χ3v) is 3.36. The van der Waals surface area contributed by atoms with E-state index in [2.05, 4.69) is 5.09 Å². The molecule has 0 fully saturated rings. The van der Waals surface area contributed by atoms with Crippen molar-refractivity contribution in [3.05, 3.63) is 0 Å². The van der Waals surface area contributed by atoms with Gasteiger partial charge in [0.25, 0.3) is 0 Å². The first kappa shape index (κ1) is 15.1. The highest BCUT2D eigenvalue weighted by Crippen LogP contribution is 2.46. The molecule has 4 nitrogen and oxygen atoms in total. The Hall–Kier alpha value is 0.110. The van der Waals surface area contributed by atoms with Gasteiger partial charge in [0.15, 0.2) is 0 Å². The van der Waals surface area contributed by atoms with Gasteiger partial charge in [-0.25, -0.2) is 9.65 Å². The van der Waals surface area contributed by atoms with Crippen molar-refractivity contribution in [3.63, 3.8) is 0 Å². The van der Waals surface area contributed by atoms with E-state index >= 15 is 0 Å². The minimum Gasteiger partial charge on any atom is -0.294 e. The number of hydrogen-bond acceptors (Lipinski definition) is 3. The van der Waals surface area contributed by atoms with Crippen molar-refractivity contribution in [1.82, 2.24) is 5.09 Å².